The number of hydrogen-bond acceptors (Lipinski definition) is 5. The fraction of sp³-hybridized carbons (Fsp3) is 0.778. The fourth-order valence-corrected chi connectivity index (χ4v) is 1.68. The van der Waals surface area contributed by atoms with Gasteiger partial charge in [-0.25, -0.2) is 0 Å². The summed E-state index contributed by atoms with van der Waals surface area (Å²) in [5.41, 5.74) is 5.38. The van der Waals surface area contributed by atoms with E-state index in [4.69, 9.17) is 10.2 Å². The zero-order valence-electron chi connectivity index (χ0n) is 8.44. The van der Waals surface area contributed by atoms with Crippen LogP contribution in [0.1, 0.15) is 26.2 Å². The van der Waals surface area contributed by atoms with Gasteiger partial charge in [0.1, 0.15) is 0 Å². The lowest BCUT2D eigenvalue weighted by atomic mass is 9.85. The standard InChI is InChI=1S/C9H16N4O/c1-2-13(6-7-4-3-5-7)9-12-11-8(10)14-9/h7H,2-6H2,1H3,(H2,10,11). The van der Waals surface area contributed by atoms with E-state index in [1.807, 2.05) is 0 Å². The van der Waals surface area contributed by atoms with Crippen molar-refractivity contribution in [2.75, 3.05) is 23.7 Å². The lowest BCUT2D eigenvalue weighted by Crippen LogP contribution is -2.32. The summed E-state index contributed by atoms with van der Waals surface area (Å²) in [5, 5.41) is 7.54. The van der Waals surface area contributed by atoms with Gasteiger partial charge in [-0.1, -0.05) is 16.6 Å². The van der Waals surface area contributed by atoms with Gasteiger partial charge in [-0.05, 0) is 25.7 Å². The van der Waals surface area contributed by atoms with Gasteiger partial charge in [-0.15, -0.1) is 0 Å². The summed E-state index contributed by atoms with van der Waals surface area (Å²) in [6.07, 6.45) is 3.99. The van der Waals surface area contributed by atoms with Gasteiger partial charge < -0.3 is 15.1 Å². The highest BCUT2D eigenvalue weighted by atomic mass is 16.4. The van der Waals surface area contributed by atoms with Gasteiger partial charge >= 0.3 is 12.0 Å². The second kappa shape index (κ2) is 3.86. The largest absolute Gasteiger partial charge is 0.390 e. The van der Waals surface area contributed by atoms with Gasteiger partial charge in [0.2, 0.25) is 0 Å². The third kappa shape index (κ3) is 1.81. The molecule has 5 nitrogen and oxygen atoms in total. The van der Waals surface area contributed by atoms with E-state index in [1.54, 1.807) is 0 Å². The third-order valence-corrected chi connectivity index (χ3v) is 2.79. The molecule has 1 heterocycles. The highest BCUT2D eigenvalue weighted by molar-refractivity contribution is 5.27. The average molecular weight is 196 g/mol. The number of anilines is 2. The molecule has 0 saturated heterocycles. The van der Waals surface area contributed by atoms with Crippen LogP contribution in [0, 0.1) is 5.92 Å². The lowest BCUT2D eigenvalue weighted by Gasteiger charge is -2.30. The highest BCUT2D eigenvalue weighted by Crippen LogP contribution is 2.28. The first kappa shape index (κ1) is 9.30. The Morgan fingerprint density at radius 2 is 2.29 bits per heavy atom. The summed E-state index contributed by atoms with van der Waals surface area (Å²) in [4.78, 5) is 2.09. The van der Waals surface area contributed by atoms with E-state index in [1.165, 1.54) is 19.3 Å². The minimum atomic E-state index is 0.145. The average Bonchev–Trinajstić information content (AvgIpc) is 2.50. The normalized spacial score (nSPS) is 16.6. The quantitative estimate of drug-likeness (QED) is 0.785. The molecule has 0 bridgehead atoms. The van der Waals surface area contributed by atoms with Gasteiger partial charge in [0.15, 0.2) is 0 Å². The Labute approximate surface area is 83.3 Å². The Balaban J connectivity index is 1.97. The van der Waals surface area contributed by atoms with Gasteiger partial charge in [0, 0.05) is 13.1 Å². The molecular weight excluding hydrogens is 180 g/mol. The maximum absolute atomic E-state index is 5.38. The second-order valence-corrected chi connectivity index (χ2v) is 3.76. The lowest BCUT2D eigenvalue weighted by molar-refractivity contribution is 0.313. The number of nitrogens with zero attached hydrogens (tertiary/aromatic N) is 3. The highest BCUT2D eigenvalue weighted by Gasteiger charge is 2.22. The molecule has 0 aliphatic heterocycles. The Kier molecular flexibility index (Phi) is 2.56. The summed E-state index contributed by atoms with van der Waals surface area (Å²) >= 11 is 0. The Morgan fingerprint density at radius 1 is 1.50 bits per heavy atom. The molecule has 0 amide bonds. The zero-order valence-corrected chi connectivity index (χ0v) is 8.44. The number of aromatic nitrogens is 2. The van der Waals surface area contributed by atoms with Crippen LogP contribution in [0.5, 0.6) is 0 Å². The Morgan fingerprint density at radius 3 is 2.71 bits per heavy atom. The van der Waals surface area contributed by atoms with Crippen LogP contribution in [0.2, 0.25) is 0 Å². The summed E-state index contributed by atoms with van der Waals surface area (Å²) in [5.74, 6) is 0.795. The van der Waals surface area contributed by atoms with Crippen LogP contribution >= 0.6 is 0 Å². The molecule has 0 spiro atoms. The predicted molar refractivity (Wildman–Crippen MR) is 53.9 cm³/mol. The minimum Gasteiger partial charge on any atom is -0.390 e. The summed E-state index contributed by atoms with van der Waals surface area (Å²) in [7, 11) is 0. The van der Waals surface area contributed by atoms with Crippen molar-refractivity contribution in [1.82, 2.24) is 10.2 Å². The molecule has 1 fully saturated rings. The maximum atomic E-state index is 5.38. The molecule has 1 saturated carbocycles. The summed E-state index contributed by atoms with van der Waals surface area (Å²) < 4.78 is 5.19. The van der Waals surface area contributed by atoms with Crippen LogP contribution < -0.4 is 10.6 Å². The van der Waals surface area contributed by atoms with E-state index in [0.717, 1.165) is 19.0 Å². The van der Waals surface area contributed by atoms with Crippen LogP contribution in [0.15, 0.2) is 4.42 Å². The zero-order chi connectivity index (χ0) is 9.97. The molecule has 78 valence electrons. The number of hydrogen-bond donors (Lipinski definition) is 1. The molecule has 1 aromatic heterocycles. The molecular formula is C9H16N4O. The van der Waals surface area contributed by atoms with E-state index >= 15 is 0 Å². The summed E-state index contributed by atoms with van der Waals surface area (Å²) in [6, 6.07) is 0.698. The number of nitrogens with two attached hydrogens (primary N) is 1. The molecule has 0 aromatic carbocycles. The molecule has 1 aromatic rings. The SMILES string of the molecule is CCN(CC1CCC1)c1nnc(N)o1. The molecule has 1 aliphatic rings. The first-order chi connectivity index (χ1) is 6.79. The fourth-order valence-electron chi connectivity index (χ4n) is 1.68. The molecule has 5 heteroatoms. The van der Waals surface area contributed by atoms with E-state index in [0.29, 0.717) is 6.01 Å². The van der Waals surface area contributed by atoms with Crippen molar-refractivity contribution < 1.29 is 4.42 Å². The molecule has 2 rings (SSSR count). The first-order valence-corrected chi connectivity index (χ1v) is 5.13. The van der Waals surface area contributed by atoms with Crippen molar-refractivity contribution in [3.63, 3.8) is 0 Å². The van der Waals surface area contributed by atoms with E-state index in [9.17, 15) is 0 Å². The van der Waals surface area contributed by atoms with E-state index in [-0.39, 0.29) is 6.01 Å². The predicted octanol–water partition coefficient (Wildman–Crippen LogP) is 1.28. The van der Waals surface area contributed by atoms with Gasteiger partial charge in [0.05, 0.1) is 0 Å². The Hall–Kier alpha value is -1.26. The van der Waals surface area contributed by atoms with Gasteiger partial charge in [0.25, 0.3) is 0 Å². The molecule has 0 atom stereocenters. The maximum Gasteiger partial charge on any atom is 0.319 e. The van der Waals surface area contributed by atoms with Crippen molar-refractivity contribution in [3.05, 3.63) is 0 Å². The van der Waals surface area contributed by atoms with Crippen LogP contribution in [0.4, 0.5) is 12.0 Å². The van der Waals surface area contributed by atoms with Gasteiger partial charge in [-0.2, -0.15) is 0 Å². The minimum absolute atomic E-state index is 0.145. The Bertz CT molecular complexity index is 295. The molecule has 1 aliphatic carbocycles. The van der Waals surface area contributed by atoms with Crippen LogP contribution in [0.3, 0.4) is 0 Å². The van der Waals surface area contributed by atoms with Crippen molar-refractivity contribution in [1.29, 1.82) is 0 Å². The van der Waals surface area contributed by atoms with Crippen molar-refractivity contribution in [2.24, 2.45) is 5.92 Å². The van der Waals surface area contributed by atoms with Crippen molar-refractivity contribution >= 4 is 12.0 Å². The number of rotatable bonds is 4. The van der Waals surface area contributed by atoms with Crippen molar-refractivity contribution in [2.45, 2.75) is 26.2 Å². The third-order valence-electron chi connectivity index (χ3n) is 2.79. The van der Waals surface area contributed by atoms with Crippen LogP contribution in [-0.2, 0) is 0 Å². The molecule has 14 heavy (non-hydrogen) atoms. The van der Waals surface area contributed by atoms with Crippen molar-refractivity contribution in [3.8, 4) is 0 Å². The van der Waals surface area contributed by atoms with Gasteiger partial charge in [-0.3, -0.25) is 0 Å². The van der Waals surface area contributed by atoms with Crippen LogP contribution in [0.25, 0.3) is 0 Å². The number of nitrogen functional groups attached to an aromatic ring is 1. The molecule has 0 unspecified atom stereocenters. The van der Waals surface area contributed by atoms with Crippen LogP contribution in [-0.4, -0.2) is 23.3 Å². The monoisotopic (exact) mass is 196 g/mol. The van der Waals surface area contributed by atoms with E-state index < -0.39 is 0 Å². The molecule has 2 N–H and O–H groups in total. The first-order valence-electron chi connectivity index (χ1n) is 5.13. The second-order valence-electron chi connectivity index (χ2n) is 3.76. The topological polar surface area (TPSA) is 68.2 Å². The van der Waals surface area contributed by atoms with E-state index in [2.05, 4.69) is 22.0 Å². The smallest absolute Gasteiger partial charge is 0.319 e. The summed E-state index contributed by atoms with van der Waals surface area (Å²) in [6.45, 7) is 3.98. The molecule has 0 radical (unpaired) electrons.